The Kier molecular flexibility index (Phi) is 5.57. The van der Waals surface area contributed by atoms with Crippen molar-refractivity contribution in [3.05, 3.63) is 75.3 Å². The molecule has 34 heavy (non-hydrogen) atoms. The van der Waals surface area contributed by atoms with Gasteiger partial charge in [-0.05, 0) is 78.9 Å². The van der Waals surface area contributed by atoms with E-state index in [1.54, 1.807) is 0 Å². The fraction of sp³-hybridized carbons (Fsp3) is 0.360. The molecule has 0 aliphatic carbocycles. The lowest BCUT2D eigenvalue weighted by atomic mass is 10.1. The predicted molar refractivity (Wildman–Crippen MR) is 128 cm³/mol. The van der Waals surface area contributed by atoms with Crippen molar-refractivity contribution in [3.63, 3.8) is 0 Å². The van der Waals surface area contributed by atoms with E-state index in [0.29, 0.717) is 25.2 Å². The van der Waals surface area contributed by atoms with Crippen LogP contribution in [0.1, 0.15) is 43.3 Å². The van der Waals surface area contributed by atoms with Crippen LogP contribution in [0, 0.1) is 6.92 Å². The summed E-state index contributed by atoms with van der Waals surface area (Å²) in [7, 11) is 0. The van der Waals surface area contributed by atoms with Crippen LogP contribution >= 0.6 is 0 Å². The lowest BCUT2D eigenvalue weighted by molar-refractivity contribution is 0.174. The van der Waals surface area contributed by atoms with E-state index in [4.69, 9.17) is 9.47 Å². The summed E-state index contributed by atoms with van der Waals surface area (Å²) in [5.74, 6) is 2.21. The van der Waals surface area contributed by atoms with Crippen molar-refractivity contribution in [2.75, 3.05) is 6.79 Å². The monoisotopic (exact) mass is 460 g/mol. The zero-order valence-corrected chi connectivity index (χ0v) is 19.8. The van der Waals surface area contributed by atoms with Crippen molar-refractivity contribution in [2.24, 2.45) is 0 Å². The third kappa shape index (κ3) is 4.51. The molecule has 0 bridgehead atoms. The second-order valence-electron chi connectivity index (χ2n) is 9.72. The van der Waals surface area contributed by atoms with Gasteiger partial charge in [0, 0.05) is 24.2 Å². The number of aromatic amines is 1. The molecule has 2 aromatic heterocycles. The molecule has 1 N–H and O–H groups in total. The second-order valence-corrected chi connectivity index (χ2v) is 9.72. The number of ether oxygens (including phenoxy) is 2. The molecule has 9 heteroatoms. The zero-order valence-electron chi connectivity index (χ0n) is 19.8. The number of nitrogens with one attached hydrogen (secondary N) is 1. The summed E-state index contributed by atoms with van der Waals surface area (Å²) in [4.78, 5) is 18.1. The fourth-order valence-corrected chi connectivity index (χ4v) is 4.21. The standard InChI is InChI=1S/C25H28N6O3/c1-16-5-7-18-11-19(24(32)26-20(18)9-16)13-30(14-23-27-28-29-31(23)25(2,3)4)12-17-6-8-21-22(10-17)34-15-33-21/h5-11H,12-15H2,1-4H3,(H,26,32). The maximum absolute atomic E-state index is 13.0. The fourth-order valence-electron chi connectivity index (χ4n) is 4.21. The van der Waals surface area contributed by atoms with Crippen LogP contribution in [-0.2, 0) is 25.2 Å². The third-order valence-corrected chi connectivity index (χ3v) is 5.85. The van der Waals surface area contributed by atoms with Gasteiger partial charge in [-0.2, -0.15) is 0 Å². The van der Waals surface area contributed by atoms with Gasteiger partial charge in [0.05, 0.1) is 12.1 Å². The molecule has 9 nitrogen and oxygen atoms in total. The summed E-state index contributed by atoms with van der Waals surface area (Å²) >= 11 is 0. The molecule has 0 saturated carbocycles. The first-order valence-corrected chi connectivity index (χ1v) is 11.3. The Labute approximate surface area is 197 Å². The number of aromatic nitrogens is 5. The van der Waals surface area contributed by atoms with Crippen LogP contribution in [0.2, 0.25) is 0 Å². The minimum absolute atomic E-state index is 0.0933. The quantitative estimate of drug-likeness (QED) is 0.470. The molecular weight excluding hydrogens is 432 g/mol. The van der Waals surface area contributed by atoms with Gasteiger partial charge in [0.1, 0.15) is 0 Å². The van der Waals surface area contributed by atoms with Gasteiger partial charge in [-0.3, -0.25) is 9.69 Å². The van der Waals surface area contributed by atoms with Crippen LogP contribution in [0.5, 0.6) is 11.5 Å². The van der Waals surface area contributed by atoms with Crippen LogP contribution in [0.15, 0.2) is 47.3 Å². The summed E-state index contributed by atoms with van der Waals surface area (Å²) in [5.41, 5.74) is 3.33. The summed E-state index contributed by atoms with van der Waals surface area (Å²) in [6.07, 6.45) is 0. The van der Waals surface area contributed by atoms with Crippen LogP contribution < -0.4 is 15.0 Å². The van der Waals surface area contributed by atoms with E-state index < -0.39 is 0 Å². The van der Waals surface area contributed by atoms with E-state index >= 15 is 0 Å². The highest BCUT2D eigenvalue weighted by atomic mass is 16.7. The molecule has 3 heterocycles. The van der Waals surface area contributed by atoms with Gasteiger partial charge >= 0.3 is 0 Å². The number of rotatable bonds is 6. The van der Waals surface area contributed by atoms with E-state index in [9.17, 15) is 4.79 Å². The lowest BCUT2D eigenvalue weighted by Gasteiger charge is -2.25. The van der Waals surface area contributed by atoms with Crippen LogP contribution in [-0.4, -0.2) is 36.9 Å². The smallest absolute Gasteiger partial charge is 0.252 e. The highest BCUT2D eigenvalue weighted by Crippen LogP contribution is 2.33. The molecule has 0 spiro atoms. The summed E-state index contributed by atoms with van der Waals surface area (Å²) < 4.78 is 12.8. The number of aryl methyl sites for hydroxylation is 1. The minimum Gasteiger partial charge on any atom is -0.454 e. The summed E-state index contributed by atoms with van der Waals surface area (Å²) in [6.45, 7) is 9.92. The van der Waals surface area contributed by atoms with Gasteiger partial charge < -0.3 is 14.5 Å². The Morgan fingerprint density at radius 2 is 1.85 bits per heavy atom. The Morgan fingerprint density at radius 3 is 2.68 bits per heavy atom. The maximum atomic E-state index is 13.0. The Bertz CT molecular complexity index is 1400. The molecule has 5 rings (SSSR count). The number of hydrogen-bond acceptors (Lipinski definition) is 7. The number of benzene rings is 2. The molecule has 1 aliphatic heterocycles. The normalized spacial score (nSPS) is 13.2. The number of fused-ring (bicyclic) bond motifs is 2. The van der Waals surface area contributed by atoms with Crippen LogP contribution in [0.25, 0.3) is 10.9 Å². The summed E-state index contributed by atoms with van der Waals surface area (Å²) in [6, 6.07) is 13.9. The van der Waals surface area contributed by atoms with Gasteiger partial charge in [0.2, 0.25) is 6.79 Å². The summed E-state index contributed by atoms with van der Waals surface area (Å²) in [5, 5.41) is 13.4. The molecule has 0 fully saturated rings. The van der Waals surface area contributed by atoms with Crippen molar-refractivity contribution in [2.45, 2.75) is 52.9 Å². The molecular formula is C25H28N6O3. The number of nitrogens with zero attached hydrogens (tertiary/aromatic N) is 5. The molecule has 0 unspecified atom stereocenters. The molecule has 4 aromatic rings. The van der Waals surface area contributed by atoms with Gasteiger partial charge in [0.25, 0.3) is 5.56 Å². The molecule has 0 saturated heterocycles. The first-order chi connectivity index (χ1) is 16.3. The van der Waals surface area contributed by atoms with Crippen molar-refractivity contribution in [1.29, 1.82) is 0 Å². The second kappa shape index (κ2) is 8.57. The number of pyridine rings is 1. The molecule has 1 aliphatic rings. The average molecular weight is 461 g/mol. The van der Waals surface area contributed by atoms with Crippen LogP contribution in [0.4, 0.5) is 0 Å². The average Bonchev–Trinajstić information content (AvgIpc) is 3.43. The van der Waals surface area contributed by atoms with Crippen molar-refractivity contribution in [3.8, 4) is 11.5 Å². The topological polar surface area (TPSA) is 98.2 Å². The highest BCUT2D eigenvalue weighted by Gasteiger charge is 2.23. The van der Waals surface area contributed by atoms with E-state index in [2.05, 4.69) is 46.2 Å². The molecule has 176 valence electrons. The molecule has 0 radical (unpaired) electrons. The van der Waals surface area contributed by atoms with Crippen molar-refractivity contribution in [1.82, 2.24) is 30.1 Å². The Hall–Kier alpha value is -3.72. The van der Waals surface area contributed by atoms with Gasteiger partial charge in [-0.1, -0.05) is 18.2 Å². The Morgan fingerprint density at radius 1 is 1.03 bits per heavy atom. The number of hydrogen-bond donors (Lipinski definition) is 1. The predicted octanol–water partition coefficient (Wildman–Crippen LogP) is 3.51. The number of H-pyrrole nitrogens is 1. The molecule has 0 amide bonds. The zero-order chi connectivity index (χ0) is 23.9. The van der Waals surface area contributed by atoms with Crippen molar-refractivity contribution < 1.29 is 9.47 Å². The highest BCUT2D eigenvalue weighted by molar-refractivity contribution is 5.79. The lowest BCUT2D eigenvalue weighted by Crippen LogP contribution is -2.31. The maximum Gasteiger partial charge on any atom is 0.252 e. The first kappa shape index (κ1) is 22.1. The third-order valence-electron chi connectivity index (χ3n) is 5.85. The van der Waals surface area contributed by atoms with E-state index in [1.807, 2.05) is 54.1 Å². The first-order valence-electron chi connectivity index (χ1n) is 11.3. The van der Waals surface area contributed by atoms with Crippen LogP contribution in [0.3, 0.4) is 0 Å². The van der Waals surface area contributed by atoms with Gasteiger partial charge in [-0.15, -0.1) is 5.10 Å². The Balaban J connectivity index is 1.48. The SMILES string of the molecule is Cc1ccc2cc(CN(Cc3ccc4c(c3)OCO4)Cc3nnnn3C(C)(C)C)c(=O)[nH]c2c1. The van der Waals surface area contributed by atoms with E-state index in [1.165, 1.54) is 0 Å². The van der Waals surface area contributed by atoms with Gasteiger partial charge in [-0.25, -0.2) is 4.68 Å². The molecule has 2 aromatic carbocycles. The van der Waals surface area contributed by atoms with E-state index in [0.717, 1.165) is 39.4 Å². The number of tetrazole rings is 1. The van der Waals surface area contributed by atoms with Gasteiger partial charge in [0.15, 0.2) is 17.3 Å². The largest absolute Gasteiger partial charge is 0.454 e. The molecule has 0 atom stereocenters. The van der Waals surface area contributed by atoms with E-state index in [-0.39, 0.29) is 17.9 Å². The van der Waals surface area contributed by atoms with Crippen molar-refractivity contribution >= 4 is 10.9 Å². The minimum atomic E-state index is -0.262.